The smallest absolute Gasteiger partial charge is 0.192 e. The van der Waals surface area contributed by atoms with Gasteiger partial charge >= 0.3 is 0 Å². The van der Waals surface area contributed by atoms with Crippen molar-refractivity contribution in [3.63, 3.8) is 0 Å². The Labute approximate surface area is 108 Å². The van der Waals surface area contributed by atoms with Crippen LogP contribution < -0.4 is 0 Å². The van der Waals surface area contributed by atoms with Crippen molar-refractivity contribution in [3.8, 4) is 0 Å². The van der Waals surface area contributed by atoms with Crippen molar-refractivity contribution < 1.29 is 9.16 Å². The van der Waals surface area contributed by atoms with E-state index >= 15 is 0 Å². The lowest BCUT2D eigenvalue weighted by molar-refractivity contribution is 0.0635. The maximum Gasteiger partial charge on any atom is 0.192 e. The van der Waals surface area contributed by atoms with Gasteiger partial charge in [-0.25, -0.2) is 0 Å². The van der Waals surface area contributed by atoms with Gasteiger partial charge in [0.2, 0.25) is 0 Å². The molecule has 1 heterocycles. The summed E-state index contributed by atoms with van der Waals surface area (Å²) < 4.78 is 12.1. The molecular formula is C14H30O2Si. The summed E-state index contributed by atoms with van der Waals surface area (Å²) >= 11 is 0. The van der Waals surface area contributed by atoms with Gasteiger partial charge in [0, 0.05) is 6.61 Å². The Morgan fingerprint density at radius 1 is 1.06 bits per heavy atom. The van der Waals surface area contributed by atoms with Gasteiger partial charge in [0.05, 0.1) is 12.7 Å². The molecule has 1 aliphatic rings. The Morgan fingerprint density at radius 2 is 1.65 bits per heavy atom. The highest BCUT2D eigenvalue weighted by atomic mass is 28.4. The molecule has 0 aromatic rings. The van der Waals surface area contributed by atoms with Gasteiger partial charge in [-0.3, -0.25) is 0 Å². The second-order valence-corrected chi connectivity index (χ2v) is 9.53. The standard InChI is InChI=1S/C14H30O2Si/c1-4-10-17(11-5-2,12-6-3)16-13-14-8-7-9-15-14/h14H,4-13H2,1-3H3. The van der Waals surface area contributed by atoms with Crippen molar-refractivity contribution in [2.75, 3.05) is 13.2 Å². The van der Waals surface area contributed by atoms with Crippen LogP contribution in [0, 0.1) is 0 Å². The van der Waals surface area contributed by atoms with Crippen molar-refractivity contribution in [2.45, 2.75) is 77.1 Å². The number of ether oxygens (including phenoxy) is 1. The molecule has 0 N–H and O–H groups in total. The highest BCUT2D eigenvalue weighted by molar-refractivity contribution is 6.73. The lowest BCUT2D eigenvalue weighted by Gasteiger charge is -2.32. The number of rotatable bonds is 9. The molecule has 0 radical (unpaired) electrons. The van der Waals surface area contributed by atoms with Gasteiger partial charge in [0.15, 0.2) is 8.32 Å². The molecule has 1 aliphatic heterocycles. The molecule has 102 valence electrons. The minimum Gasteiger partial charge on any atom is -0.414 e. The maximum absolute atomic E-state index is 6.45. The summed E-state index contributed by atoms with van der Waals surface area (Å²) in [5.74, 6) is 0. The van der Waals surface area contributed by atoms with E-state index in [2.05, 4.69) is 20.8 Å². The van der Waals surface area contributed by atoms with Gasteiger partial charge in [-0.2, -0.15) is 0 Å². The Kier molecular flexibility index (Phi) is 7.40. The average Bonchev–Trinajstić information content (AvgIpc) is 2.80. The van der Waals surface area contributed by atoms with Crippen molar-refractivity contribution in [3.05, 3.63) is 0 Å². The second kappa shape index (κ2) is 8.28. The van der Waals surface area contributed by atoms with Crippen LogP contribution in [-0.4, -0.2) is 27.6 Å². The fourth-order valence-electron chi connectivity index (χ4n) is 3.00. The lowest BCUT2D eigenvalue weighted by atomic mass is 10.2. The third-order valence-corrected chi connectivity index (χ3v) is 8.73. The average molecular weight is 258 g/mol. The van der Waals surface area contributed by atoms with Gasteiger partial charge in [-0.15, -0.1) is 0 Å². The predicted molar refractivity (Wildman–Crippen MR) is 76.0 cm³/mol. The fourth-order valence-corrected chi connectivity index (χ4v) is 7.46. The highest BCUT2D eigenvalue weighted by Gasteiger charge is 2.33. The van der Waals surface area contributed by atoms with Crippen LogP contribution >= 0.6 is 0 Å². The van der Waals surface area contributed by atoms with E-state index in [1.165, 1.54) is 50.2 Å². The molecule has 2 nitrogen and oxygen atoms in total. The number of hydrogen-bond acceptors (Lipinski definition) is 2. The molecule has 0 aromatic heterocycles. The zero-order chi connectivity index (χ0) is 12.6. The summed E-state index contributed by atoms with van der Waals surface area (Å²) in [6.45, 7) is 8.69. The summed E-state index contributed by atoms with van der Waals surface area (Å²) in [7, 11) is -1.44. The van der Waals surface area contributed by atoms with Crippen LogP contribution in [0.4, 0.5) is 0 Å². The van der Waals surface area contributed by atoms with Crippen molar-refractivity contribution in [1.82, 2.24) is 0 Å². The minimum atomic E-state index is -1.44. The van der Waals surface area contributed by atoms with E-state index in [1.54, 1.807) is 0 Å². The Bertz CT molecular complexity index is 174. The summed E-state index contributed by atoms with van der Waals surface area (Å²) in [5, 5.41) is 0. The van der Waals surface area contributed by atoms with Gasteiger partial charge < -0.3 is 9.16 Å². The zero-order valence-electron chi connectivity index (χ0n) is 12.0. The second-order valence-electron chi connectivity index (χ2n) is 5.38. The van der Waals surface area contributed by atoms with Crippen LogP contribution in [0.2, 0.25) is 18.1 Å². The first-order valence-electron chi connectivity index (χ1n) is 7.52. The van der Waals surface area contributed by atoms with Crippen LogP contribution in [0.15, 0.2) is 0 Å². The van der Waals surface area contributed by atoms with Crippen LogP contribution in [-0.2, 0) is 9.16 Å². The van der Waals surface area contributed by atoms with Gasteiger partial charge in [0.1, 0.15) is 0 Å². The molecule has 0 saturated carbocycles. The molecule has 17 heavy (non-hydrogen) atoms. The molecule has 0 spiro atoms. The molecular weight excluding hydrogens is 228 g/mol. The summed E-state index contributed by atoms with van der Waals surface area (Å²) in [5.41, 5.74) is 0. The molecule has 1 atom stereocenters. The maximum atomic E-state index is 6.45. The Morgan fingerprint density at radius 3 is 2.06 bits per heavy atom. The SMILES string of the molecule is CCC[Si](CCC)(CCC)OCC1CCCO1. The fraction of sp³-hybridized carbons (Fsp3) is 1.00. The minimum absolute atomic E-state index is 0.396. The van der Waals surface area contributed by atoms with Crippen LogP contribution in [0.25, 0.3) is 0 Å². The number of hydrogen-bond donors (Lipinski definition) is 0. The van der Waals surface area contributed by atoms with Crippen molar-refractivity contribution in [1.29, 1.82) is 0 Å². The monoisotopic (exact) mass is 258 g/mol. The Hall–Kier alpha value is 0.137. The quantitative estimate of drug-likeness (QED) is 0.572. The third-order valence-electron chi connectivity index (χ3n) is 3.72. The molecule has 1 saturated heterocycles. The molecule has 0 aliphatic carbocycles. The molecule has 0 aromatic carbocycles. The molecule has 1 fully saturated rings. The van der Waals surface area contributed by atoms with E-state index in [0.717, 1.165) is 13.2 Å². The normalized spacial score (nSPS) is 21.0. The van der Waals surface area contributed by atoms with E-state index < -0.39 is 8.32 Å². The zero-order valence-corrected chi connectivity index (χ0v) is 13.0. The van der Waals surface area contributed by atoms with E-state index in [-0.39, 0.29) is 0 Å². The summed E-state index contributed by atoms with van der Waals surface area (Å²) in [4.78, 5) is 0. The van der Waals surface area contributed by atoms with E-state index in [9.17, 15) is 0 Å². The summed E-state index contributed by atoms with van der Waals surface area (Å²) in [6, 6.07) is 4.00. The highest BCUT2D eigenvalue weighted by Crippen LogP contribution is 2.28. The van der Waals surface area contributed by atoms with E-state index in [4.69, 9.17) is 9.16 Å². The van der Waals surface area contributed by atoms with E-state index in [0.29, 0.717) is 6.10 Å². The van der Waals surface area contributed by atoms with E-state index in [1.807, 2.05) is 0 Å². The van der Waals surface area contributed by atoms with Gasteiger partial charge in [0.25, 0.3) is 0 Å². The largest absolute Gasteiger partial charge is 0.414 e. The summed E-state index contributed by atoms with van der Waals surface area (Å²) in [6.07, 6.45) is 6.65. The predicted octanol–water partition coefficient (Wildman–Crippen LogP) is 4.36. The molecule has 1 unspecified atom stereocenters. The first kappa shape index (κ1) is 15.2. The molecule has 3 heteroatoms. The van der Waals surface area contributed by atoms with Crippen LogP contribution in [0.3, 0.4) is 0 Å². The lowest BCUT2D eigenvalue weighted by Crippen LogP contribution is -2.40. The molecule has 1 rings (SSSR count). The first-order valence-corrected chi connectivity index (χ1v) is 10.0. The topological polar surface area (TPSA) is 18.5 Å². The first-order chi connectivity index (χ1) is 8.26. The Balaban J connectivity index is 2.46. The molecule has 0 amide bonds. The third kappa shape index (κ3) is 5.10. The van der Waals surface area contributed by atoms with Crippen molar-refractivity contribution >= 4 is 8.32 Å². The van der Waals surface area contributed by atoms with Gasteiger partial charge in [-0.1, -0.05) is 40.0 Å². The van der Waals surface area contributed by atoms with Crippen molar-refractivity contribution in [2.24, 2.45) is 0 Å². The van der Waals surface area contributed by atoms with Gasteiger partial charge in [-0.05, 0) is 31.0 Å². The van der Waals surface area contributed by atoms with Crippen LogP contribution in [0.5, 0.6) is 0 Å². The molecule has 0 bridgehead atoms. The van der Waals surface area contributed by atoms with Crippen LogP contribution in [0.1, 0.15) is 52.9 Å².